The minimum Gasteiger partial charge on any atom is -0.496 e. The molecule has 1 aromatic carbocycles. The molecule has 3 rings (SSSR count). The van der Waals surface area contributed by atoms with Crippen LogP contribution < -0.4 is 10.1 Å². The van der Waals surface area contributed by atoms with E-state index >= 15 is 0 Å². The molecule has 1 heterocycles. The summed E-state index contributed by atoms with van der Waals surface area (Å²) < 4.78 is 10.8. The first-order chi connectivity index (χ1) is 12.2. The molecule has 0 bridgehead atoms. The number of morpholine rings is 1. The topological polar surface area (TPSA) is 50.8 Å². The maximum Gasteiger partial charge on any atom is 0.255 e. The van der Waals surface area contributed by atoms with Gasteiger partial charge in [0.1, 0.15) is 5.75 Å². The Bertz CT molecular complexity index is 564. The molecule has 5 nitrogen and oxygen atoms in total. The Labute approximate surface area is 150 Å². The van der Waals surface area contributed by atoms with Crippen LogP contribution in [0.4, 0.5) is 0 Å². The van der Waals surface area contributed by atoms with Gasteiger partial charge in [0.15, 0.2) is 0 Å². The molecule has 1 N–H and O–H groups in total. The van der Waals surface area contributed by atoms with Crippen LogP contribution in [0.15, 0.2) is 24.3 Å². The lowest BCUT2D eigenvalue weighted by molar-refractivity contribution is 0.00727. The van der Waals surface area contributed by atoms with Crippen LogP contribution in [0.25, 0.3) is 0 Å². The van der Waals surface area contributed by atoms with Gasteiger partial charge in [0.25, 0.3) is 5.91 Å². The van der Waals surface area contributed by atoms with Crippen molar-refractivity contribution in [2.24, 2.45) is 5.41 Å². The second-order valence-electron chi connectivity index (χ2n) is 7.33. The number of nitrogens with zero attached hydrogens (tertiary/aromatic N) is 1. The van der Waals surface area contributed by atoms with Crippen LogP contribution in [0.5, 0.6) is 5.75 Å². The summed E-state index contributed by atoms with van der Waals surface area (Å²) in [5.74, 6) is 0.593. The van der Waals surface area contributed by atoms with Crippen molar-refractivity contribution in [2.45, 2.75) is 32.1 Å². The Morgan fingerprint density at radius 3 is 2.64 bits per heavy atom. The third kappa shape index (κ3) is 4.73. The Morgan fingerprint density at radius 1 is 1.20 bits per heavy atom. The molecule has 2 aliphatic rings. The van der Waals surface area contributed by atoms with E-state index in [1.807, 2.05) is 24.3 Å². The predicted molar refractivity (Wildman–Crippen MR) is 98.1 cm³/mol. The first-order valence-electron chi connectivity index (χ1n) is 9.44. The Hall–Kier alpha value is -1.59. The van der Waals surface area contributed by atoms with Crippen LogP contribution in [0.1, 0.15) is 42.5 Å². The molecular formula is C20H30N2O3. The number of benzene rings is 1. The van der Waals surface area contributed by atoms with Crippen LogP contribution in [-0.2, 0) is 4.74 Å². The first kappa shape index (κ1) is 18.2. The van der Waals surface area contributed by atoms with Crippen LogP contribution in [-0.4, -0.2) is 57.3 Å². The van der Waals surface area contributed by atoms with Gasteiger partial charge in [0.2, 0.25) is 0 Å². The van der Waals surface area contributed by atoms with Gasteiger partial charge in [-0.25, -0.2) is 0 Å². The number of para-hydroxylation sites is 1. The van der Waals surface area contributed by atoms with Crippen molar-refractivity contribution in [2.75, 3.05) is 46.5 Å². The van der Waals surface area contributed by atoms with Crippen LogP contribution in [0, 0.1) is 5.41 Å². The molecule has 5 heteroatoms. The summed E-state index contributed by atoms with van der Waals surface area (Å²) in [4.78, 5) is 15.2. The summed E-state index contributed by atoms with van der Waals surface area (Å²) in [6.07, 6.45) is 6.21. The molecule has 0 spiro atoms. The fraction of sp³-hybridized carbons (Fsp3) is 0.650. The molecule has 25 heavy (non-hydrogen) atoms. The van der Waals surface area contributed by atoms with E-state index in [0.717, 1.165) is 39.4 Å². The highest BCUT2D eigenvalue weighted by atomic mass is 16.5. The second kappa shape index (κ2) is 8.68. The molecule has 0 atom stereocenters. The van der Waals surface area contributed by atoms with E-state index in [2.05, 4.69) is 10.2 Å². The number of rotatable bonds is 6. The number of carbonyl (C=O) groups excluding carboxylic acids is 1. The van der Waals surface area contributed by atoms with E-state index in [9.17, 15) is 4.79 Å². The standard InChI is InChI=1S/C20H30N2O3/c1-24-18-8-4-3-7-17(18)19(23)21-15-20(9-5-2-6-10-20)16-22-11-13-25-14-12-22/h3-4,7-8H,2,5-6,9-16H2,1H3,(H,21,23). The number of ether oxygens (including phenoxy) is 2. The molecule has 1 amide bonds. The average Bonchev–Trinajstić information content (AvgIpc) is 2.67. The van der Waals surface area contributed by atoms with E-state index in [0.29, 0.717) is 11.3 Å². The average molecular weight is 346 g/mol. The number of methoxy groups -OCH3 is 1. The zero-order valence-electron chi connectivity index (χ0n) is 15.3. The molecule has 0 unspecified atom stereocenters. The highest BCUT2D eigenvalue weighted by Crippen LogP contribution is 2.37. The highest BCUT2D eigenvalue weighted by Gasteiger charge is 2.35. The lowest BCUT2D eigenvalue weighted by atomic mass is 9.73. The van der Waals surface area contributed by atoms with Crippen LogP contribution in [0.3, 0.4) is 0 Å². The van der Waals surface area contributed by atoms with E-state index < -0.39 is 0 Å². The highest BCUT2D eigenvalue weighted by molar-refractivity contribution is 5.96. The van der Waals surface area contributed by atoms with Gasteiger partial charge in [-0.2, -0.15) is 0 Å². The zero-order valence-corrected chi connectivity index (χ0v) is 15.3. The Balaban J connectivity index is 1.64. The van der Waals surface area contributed by atoms with Gasteiger partial charge in [-0.15, -0.1) is 0 Å². The molecule has 0 radical (unpaired) electrons. The van der Waals surface area contributed by atoms with Crippen molar-refractivity contribution in [3.63, 3.8) is 0 Å². The van der Waals surface area contributed by atoms with Gasteiger partial charge in [-0.3, -0.25) is 9.69 Å². The summed E-state index contributed by atoms with van der Waals surface area (Å²) >= 11 is 0. The third-order valence-corrected chi connectivity index (χ3v) is 5.55. The smallest absolute Gasteiger partial charge is 0.255 e. The van der Waals surface area contributed by atoms with E-state index in [-0.39, 0.29) is 11.3 Å². The fourth-order valence-corrected chi connectivity index (χ4v) is 4.12. The molecule has 1 saturated heterocycles. The summed E-state index contributed by atoms with van der Waals surface area (Å²) in [6.45, 7) is 5.45. The Morgan fingerprint density at radius 2 is 1.92 bits per heavy atom. The normalized spacial score (nSPS) is 20.8. The third-order valence-electron chi connectivity index (χ3n) is 5.55. The molecule has 1 aliphatic carbocycles. The van der Waals surface area contributed by atoms with Crippen molar-refractivity contribution in [3.8, 4) is 5.75 Å². The minimum absolute atomic E-state index is 0.0376. The van der Waals surface area contributed by atoms with E-state index in [4.69, 9.17) is 9.47 Å². The fourth-order valence-electron chi connectivity index (χ4n) is 4.12. The van der Waals surface area contributed by atoms with Crippen molar-refractivity contribution in [3.05, 3.63) is 29.8 Å². The van der Waals surface area contributed by atoms with Crippen LogP contribution in [0.2, 0.25) is 0 Å². The summed E-state index contributed by atoms with van der Waals surface area (Å²) in [6, 6.07) is 7.42. The van der Waals surface area contributed by atoms with Crippen molar-refractivity contribution >= 4 is 5.91 Å². The zero-order chi connectivity index (χ0) is 17.5. The van der Waals surface area contributed by atoms with Gasteiger partial charge in [-0.1, -0.05) is 31.4 Å². The largest absolute Gasteiger partial charge is 0.496 e. The van der Waals surface area contributed by atoms with Crippen molar-refractivity contribution in [1.29, 1.82) is 0 Å². The van der Waals surface area contributed by atoms with E-state index in [1.54, 1.807) is 7.11 Å². The molecule has 2 fully saturated rings. The summed E-state index contributed by atoms with van der Waals surface area (Å²) in [5, 5.41) is 3.20. The van der Waals surface area contributed by atoms with Crippen molar-refractivity contribution < 1.29 is 14.3 Å². The molecule has 1 saturated carbocycles. The molecule has 0 aromatic heterocycles. The van der Waals surface area contributed by atoms with Crippen molar-refractivity contribution in [1.82, 2.24) is 10.2 Å². The predicted octanol–water partition coefficient (Wildman–Crippen LogP) is 2.71. The SMILES string of the molecule is COc1ccccc1C(=O)NCC1(CN2CCOCC2)CCCCC1. The summed E-state index contributed by atoms with van der Waals surface area (Å²) in [5.41, 5.74) is 0.801. The van der Waals surface area contributed by atoms with Gasteiger partial charge in [0, 0.05) is 31.6 Å². The number of carbonyl (C=O) groups is 1. The van der Waals surface area contributed by atoms with Crippen LogP contribution >= 0.6 is 0 Å². The molecule has 138 valence electrons. The maximum atomic E-state index is 12.7. The maximum absolute atomic E-state index is 12.7. The van der Waals surface area contributed by atoms with Gasteiger partial charge in [-0.05, 0) is 25.0 Å². The molecule has 1 aliphatic heterocycles. The minimum atomic E-state index is -0.0376. The van der Waals surface area contributed by atoms with Gasteiger partial charge >= 0.3 is 0 Å². The quantitative estimate of drug-likeness (QED) is 0.860. The summed E-state index contributed by atoms with van der Waals surface area (Å²) in [7, 11) is 1.60. The number of hydrogen-bond donors (Lipinski definition) is 1. The lowest BCUT2D eigenvalue weighted by Gasteiger charge is -2.42. The van der Waals surface area contributed by atoms with E-state index in [1.165, 1.54) is 32.1 Å². The lowest BCUT2D eigenvalue weighted by Crippen LogP contribution is -2.49. The monoisotopic (exact) mass is 346 g/mol. The molecular weight excluding hydrogens is 316 g/mol. The number of hydrogen-bond acceptors (Lipinski definition) is 4. The van der Waals surface area contributed by atoms with Gasteiger partial charge < -0.3 is 14.8 Å². The first-order valence-corrected chi connectivity index (χ1v) is 9.44. The van der Waals surface area contributed by atoms with Gasteiger partial charge in [0.05, 0.1) is 25.9 Å². The number of amides is 1. The second-order valence-corrected chi connectivity index (χ2v) is 7.33. The Kier molecular flexibility index (Phi) is 6.32. The molecule has 1 aromatic rings. The number of nitrogens with one attached hydrogen (secondary N) is 1.